The maximum Gasteiger partial charge on any atom is 0.387 e. The first kappa shape index (κ1) is 18.7. The Kier molecular flexibility index (Phi) is 6.71. The lowest BCUT2D eigenvalue weighted by Gasteiger charge is -2.10. The lowest BCUT2D eigenvalue weighted by Crippen LogP contribution is -2.25. The van der Waals surface area contributed by atoms with Gasteiger partial charge in [-0.3, -0.25) is 4.79 Å². The summed E-state index contributed by atoms with van der Waals surface area (Å²) in [6.45, 7) is -1.69. The average molecular weight is 369 g/mol. The average Bonchev–Trinajstić information content (AvgIpc) is 2.59. The van der Waals surface area contributed by atoms with E-state index < -0.39 is 12.5 Å². The highest BCUT2D eigenvalue weighted by molar-refractivity contribution is 6.32. The third kappa shape index (κ3) is 5.72. The van der Waals surface area contributed by atoms with Gasteiger partial charge in [-0.05, 0) is 31.2 Å². The Morgan fingerprint density at radius 3 is 2.48 bits per heavy atom. The zero-order valence-electron chi connectivity index (χ0n) is 13.2. The van der Waals surface area contributed by atoms with Crippen molar-refractivity contribution in [3.8, 4) is 11.5 Å². The lowest BCUT2D eigenvalue weighted by molar-refractivity contribution is -0.123. The predicted octanol–water partition coefficient (Wildman–Crippen LogP) is 3.86. The van der Waals surface area contributed by atoms with Crippen molar-refractivity contribution in [2.75, 3.05) is 6.61 Å². The largest absolute Gasteiger partial charge is 0.482 e. The minimum Gasteiger partial charge on any atom is -0.482 e. The van der Waals surface area contributed by atoms with Crippen molar-refractivity contribution in [2.24, 2.45) is 5.10 Å². The number of hydrogen-bond acceptors (Lipinski definition) is 4. The molecular formula is C17H15ClF2N2O3. The Balaban J connectivity index is 1.97. The van der Waals surface area contributed by atoms with Gasteiger partial charge in [0.2, 0.25) is 0 Å². The van der Waals surface area contributed by atoms with E-state index in [4.69, 9.17) is 16.3 Å². The molecule has 1 amide bonds. The van der Waals surface area contributed by atoms with Gasteiger partial charge < -0.3 is 9.47 Å². The van der Waals surface area contributed by atoms with Crippen molar-refractivity contribution in [3.05, 3.63) is 59.1 Å². The van der Waals surface area contributed by atoms with Gasteiger partial charge in [-0.1, -0.05) is 35.9 Å². The molecule has 0 atom stereocenters. The van der Waals surface area contributed by atoms with Crippen molar-refractivity contribution < 1.29 is 23.0 Å². The summed E-state index contributed by atoms with van der Waals surface area (Å²) >= 11 is 5.91. The van der Waals surface area contributed by atoms with Gasteiger partial charge in [-0.25, -0.2) is 5.43 Å². The minimum atomic E-state index is -2.95. The SMILES string of the molecule is C/C(=N\NC(=O)COc1ccccc1Cl)c1ccccc1OC(F)F. The second-order valence-electron chi connectivity index (χ2n) is 4.83. The Bertz CT molecular complexity index is 769. The highest BCUT2D eigenvalue weighted by atomic mass is 35.5. The van der Waals surface area contributed by atoms with Crippen LogP contribution in [0.25, 0.3) is 0 Å². The van der Waals surface area contributed by atoms with Gasteiger partial charge in [0, 0.05) is 5.56 Å². The molecule has 1 N–H and O–H groups in total. The Morgan fingerprint density at radius 2 is 1.80 bits per heavy atom. The summed E-state index contributed by atoms with van der Waals surface area (Å²) < 4.78 is 34.5. The summed E-state index contributed by atoms with van der Waals surface area (Å²) in [4.78, 5) is 11.8. The summed E-state index contributed by atoms with van der Waals surface area (Å²) in [5, 5.41) is 4.26. The second kappa shape index (κ2) is 8.98. The van der Waals surface area contributed by atoms with Crippen molar-refractivity contribution >= 4 is 23.2 Å². The van der Waals surface area contributed by atoms with E-state index >= 15 is 0 Å². The molecule has 132 valence electrons. The standard InChI is InChI=1S/C17H15ClF2N2O3/c1-11(12-6-2-4-8-14(12)25-17(19)20)21-22-16(23)10-24-15-9-5-3-7-13(15)18/h2-9,17H,10H2,1H3,(H,22,23)/b21-11+. The highest BCUT2D eigenvalue weighted by Gasteiger charge is 2.11. The monoisotopic (exact) mass is 368 g/mol. The lowest BCUT2D eigenvalue weighted by atomic mass is 10.1. The number of carbonyl (C=O) groups is 1. The van der Waals surface area contributed by atoms with E-state index in [9.17, 15) is 13.6 Å². The van der Waals surface area contributed by atoms with Gasteiger partial charge in [0.05, 0.1) is 10.7 Å². The van der Waals surface area contributed by atoms with E-state index in [0.29, 0.717) is 22.0 Å². The topological polar surface area (TPSA) is 59.9 Å². The number of benzene rings is 2. The molecule has 0 unspecified atom stereocenters. The summed E-state index contributed by atoms with van der Waals surface area (Å²) in [5.74, 6) is -0.178. The molecule has 0 radical (unpaired) electrons. The fourth-order valence-corrected chi connectivity index (χ4v) is 2.10. The van der Waals surface area contributed by atoms with Crippen molar-refractivity contribution in [1.82, 2.24) is 5.43 Å². The molecule has 0 aliphatic heterocycles. The third-order valence-corrected chi connectivity index (χ3v) is 3.35. The number of nitrogens with zero attached hydrogens (tertiary/aromatic N) is 1. The van der Waals surface area contributed by atoms with E-state index in [1.165, 1.54) is 6.07 Å². The third-order valence-electron chi connectivity index (χ3n) is 3.04. The molecule has 8 heteroatoms. The Hall–Kier alpha value is -2.67. The molecule has 0 fully saturated rings. The van der Waals surface area contributed by atoms with E-state index in [2.05, 4.69) is 15.3 Å². The maximum atomic E-state index is 12.4. The number of nitrogens with one attached hydrogen (secondary N) is 1. The van der Waals surface area contributed by atoms with Crippen LogP contribution in [0.4, 0.5) is 8.78 Å². The van der Waals surface area contributed by atoms with Gasteiger partial charge in [0.15, 0.2) is 6.61 Å². The van der Waals surface area contributed by atoms with Gasteiger partial charge >= 0.3 is 6.61 Å². The molecule has 2 aromatic carbocycles. The van der Waals surface area contributed by atoms with Gasteiger partial charge in [0.1, 0.15) is 11.5 Å². The maximum absolute atomic E-state index is 12.4. The number of halogens is 3. The van der Waals surface area contributed by atoms with E-state index in [1.807, 2.05) is 0 Å². The zero-order chi connectivity index (χ0) is 18.2. The van der Waals surface area contributed by atoms with Gasteiger partial charge in [0.25, 0.3) is 5.91 Å². The van der Waals surface area contributed by atoms with Crippen molar-refractivity contribution in [2.45, 2.75) is 13.5 Å². The minimum absolute atomic E-state index is 0.0275. The summed E-state index contributed by atoms with van der Waals surface area (Å²) in [6, 6.07) is 12.9. The molecule has 0 spiro atoms. The fourth-order valence-electron chi connectivity index (χ4n) is 1.91. The van der Waals surface area contributed by atoms with Crippen LogP contribution in [-0.2, 0) is 4.79 Å². The summed E-state index contributed by atoms with van der Waals surface area (Å²) in [7, 11) is 0. The van der Waals surface area contributed by atoms with E-state index in [1.54, 1.807) is 49.4 Å². The van der Waals surface area contributed by atoms with Crippen LogP contribution in [0.5, 0.6) is 11.5 Å². The molecule has 2 aromatic rings. The number of carbonyl (C=O) groups excluding carboxylic acids is 1. The van der Waals surface area contributed by atoms with E-state index in [-0.39, 0.29) is 12.4 Å². The first-order valence-corrected chi connectivity index (χ1v) is 7.60. The molecule has 0 saturated carbocycles. The van der Waals surface area contributed by atoms with Crippen molar-refractivity contribution in [3.63, 3.8) is 0 Å². The summed E-state index contributed by atoms with van der Waals surface area (Å²) in [6.07, 6.45) is 0. The van der Waals surface area contributed by atoms with Gasteiger partial charge in [-0.15, -0.1) is 0 Å². The number of para-hydroxylation sites is 2. The molecule has 25 heavy (non-hydrogen) atoms. The van der Waals surface area contributed by atoms with Crippen LogP contribution in [0, 0.1) is 0 Å². The van der Waals surface area contributed by atoms with E-state index in [0.717, 1.165) is 0 Å². The van der Waals surface area contributed by atoms with Crippen LogP contribution in [0.15, 0.2) is 53.6 Å². The smallest absolute Gasteiger partial charge is 0.387 e. The number of ether oxygens (including phenoxy) is 2. The van der Waals surface area contributed by atoms with Crippen LogP contribution in [0.3, 0.4) is 0 Å². The predicted molar refractivity (Wildman–Crippen MR) is 90.4 cm³/mol. The Morgan fingerprint density at radius 1 is 1.16 bits per heavy atom. The first-order valence-electron chi connectivity index (χ1n) is 7.22. The number of alkyl halides is 2. The quantitative estimate of drug-likeness (QED) is 0.596. The molecule has 2 rings (SSSR count). The van der Waals surface area contributed by atoms with Crippen LogP contribution in [0.1, 0.15) is 12.5 Å². The van der Waals surface area contributed by atoms with Crippen LogP contribution in [0.2, 0.25) is 5.02 Å². The first-order chi connectivity index (χ1) is 12.0. The molecule has 0 saturated heterocycles. The molecule has 0 bridgehead atoms. The van der Waals surface area contributed by atoms with Gasteiger partial charge in [-0.2, -0.15) is 13.9 Å². The molecule has 5 nitrogen and oxygen atoms in total. The number of amides is 1. The van der Waals surface area contributed by atoms with Crippen LogP contribution < -0.4 is 14.9 Å². The zero-order valence-corrected chi connectivity index (χ0v) is 14.0. The number of rotatable bonds is 7. The molecular weight excluding hydrogens is 354 g/mol. The van der Waals surface area contributed by atoms with Crippen LogP contribution >= 0.6 is 11.6 Å². The molecule has 0 aromatic heterocycles. The summed E-state index contributed by atoms with van der Waals surface area (Å²) in [5.41, 5.74) is 2.94. The molecule has 0 heterocycles. The van der Waals surface area contributed by atoms with Crippen LogP contribution in [-0.4, -0.2) is 24.8 Å². The Labute approximate surface area is 148 Å². The normalized spacial score (nSPS) is 11.3. The molecule has 0 aliphatic rings. The fraction of sp³-hybridized carbons (Fsp3) is 0.176. The second-order valence-corrected chi connectivity index (χ2v) is 5.23. The number of hydrazone groups is 1. The highest BCUT2D eigenvalue weighted by Crippen LogP contribution is 2.23. The number of hydrogen-bond donors (Lipinski definition) is 1. The molecule has 0 aliphatic carbocycles. The van der Waals surface area contributed by atoms with Crippen molar-refractivity contribution in [1.29, 1.82) is 0 Å².